The number of hydrogen-bond donors (Lipinski definition) is 1. The van der Waals surface area contributed by atoms with Crippen LogP contribution in [-0.4, -0.2) is 44.0 Å². The fraction of sp³-hybridized carbons (Fsp3) is 0.216. The summed E-state index contributed by atoms with van der Waals surface area (Å²) in [6.45, 7) is 8.45. The van der Waals surface area contributed by atoms with E-state index in [1.54, 1.807) is 42.2 Å². The highest BCUT2D eigenvalue weighted by Crippen LogP contribution is 2.23. The van der Waals surface area contributed by atoms with Crippen LogP contribution in [-0.2, 0) is 20.7 Å². The van der Waals surface area contributed by atoms with E-state index in [1.165, 1.54) is 7.11 Å². The van der Waals surface area contributed by atoms with E-state index in [9.17, 15) is 14.4 Å². The van der Waals surface area contributed by atoms with Crippen molar-refractivity contribution in [2.75, 3.05) is 30.5 Å². The zero-order chi connectivity index (χ0) is 31.5. The molecule has 0 aliphatic carbocycles. The molecule has 0 spiro atoms. The van der Waals surface area contributed by atoms with Gasteiger partial charge in [-0.2, -0.15) is 0 Å². The van der Waals surface area contributed by atoms with Crippen molar-refractivity contribution in [2.24, 2.45) is 0 Å². The van der Waals surface area contributed by atoms with Crippen LogP contribution in [0.4, 0.5) is 11.4 Å². The van der Waals surface area contributed by atoms with Crippen LogP contribution in [0.15, 0.2) is 115 Å². The number of esters is 1. The Labute approximate surface area is 259 Å². The van der Waals surface area contributed by atoms with Gasteiger partial charge in [-0.25, -0.2) is 4.79 Å². The van der Waals surface area contributed by atoms with Gasteiger partial charge in [-0.3, -0.25) is 9.59 Å². The van der Waals surface area contributed by atoms with Gasteiger partial charge in [0.2, 0.25) is 0 Å². The molecule has 0 saturated carbocycles. The third-order valence-electron chi connectivity index (χ3n) is 7.10. The predicted molar refractivity (Wildman–Crippen MR) is 174 cm³/mol. The summed E-state index contributed by atoms with van der Waals surface area (Å²) in [5, 5.41) is 3.23. The SMILES string of the molecule is C=C(C)C(=O)N(CCCOc1ccc(CC(Nc2ccccc2C(=O)c2ccccc2)C(=O)OC)cc1)c1cccc(C)c1. The summed E-state index contributed by atoms with van der Waals surface area (Å²) in [6, 6.07) is 30.8. The Bertz CT molecular complexity index is 1600. The van der Waals surface area contributed by atoms with E-state index in [1.807, 2.05) is 79.7 Å². The standard InChI is InChI=1S/C37H38N2O5/c1-26(2)36(41)39(30-15-10-12-27(3)24-30)22-11-23-44-31-20-18-28(19-21-31)25-34(37(42)43-4)38-33-17-9-8-16-32(33)35(40)29-13-6-5-7-14-29/h5-10,12-21,24,34,38H,1,11,22-23,25H2,2-4H3. The van der Waals surface area contributed by atoms with Crippen molar-refractivity contribution < 1.29 is 23.9 Å². The number of ketones is 1. The molecule has 0 saturated heterocycles. The maximum absolute atomic E-state index is 13.2. The second kappa shape index (κ2) is 15.3. The molecular weight excluding hydrogens is 552 g/mol. The van der Waals surface area contributed by atoms with Crippen LogP contribution in [0.1, 0.15) is 40.4 Å². The molecule has 4 aromatic rings. The number of hydrogen-bond acceptors (Lipinski definition) is 6. The Kier molecular flexibility index (Phi) is 11.1. The Hall–Kier alpha value is -5.17. The molecule has 226 valence electrons. The van der Waals surface area contributed by atoms with Crippen molar-refractivity contribution in [3.63, 3.8) is 0 Å². The van der Waals surface area contributed by atoms with E-state index in [-0.39, 0.29) is 11.7 Å². The van der Waals surface area contributed by atoms with Gasteiger partial charge in [0.25, 0.3) is 5.91 Å². The summed E-state index contributed by atoms with van der Waals surface area (Å²) < 4.78 is 11.0. The summed E-state index contributed by atoms with van der Waals surface area (Å²) in [5.74, 6) is 0.00353. The topological polar surface area (TPSA) is 84.9 Å². The Morgan fingerprint density at radius 1 is 0.886 bits per heavy atom. The predicted octanol–water partition coefficient (Wildman–Crippen LogP) is 6.80. The van der Waals surface area contributed by atoms with Gasteiger partial charge in [-0.15, -0.1) is 0 Å². The highest BCUT2D eigenvalue weighted by atomic mass is 16.5. The number of para-hydroxylation sites is 1. The van der Waals surface area contributed by atoms with Gasteiger partial charge >= 0.3 is 5.97 Å². The maximum atomic E-state index is 13.2. The molecule has 0 bridgehead atoms. The van der Waals surface area contributed by atoms with Gasteiger partial charge in [0.1, 0.15) is 11.8 Å². The molecule has 1 amide bonds. The molecule has 0 aromatic heterocycles. The van der Waals surface area contributed by atoms with Gasteiger partial charge in [-0.1, -0.05) is 73.3 Å². The van der Waals surface area contributed by atoms with Gasteiger partial charge in [0, 0.05) is 41.0 Å². The van der Waals surface area contributed by atoms with E-state index in [0.717, 1.165) is 16.8 Å². The third-order valence-corrected chi connectivity index (χ3v) is 7.10. The third kappa shape index (κ3) is 8.44. The minimum absolute atomic E-state index is 0.110. The first-order valence-corrected chi connectivity index (χ1v) is 14.6. The largest absolute Gasteiger partial charge is 0.494 e. The maximum Gasteiger partial charge on any atom is 0.328 e. The number of aryl methyl sites for hydroxylation is 1. The Morgan fingerprint density at radius 2 is 1.59 bits per heavy atom. The first-order chi connectivity index (χ1) is 21.3. The summed E-state index contributed by atoms with van der Waals surface area (Å²) in [7, 11) is 1.35. The van der Waals surface area contributed by atoms with Crippen molar-refractivity contribution in [2.45, 2.75) is 32.7 Å². The normalized spacial score (nSPS) is 11.2. The number of methoxy groups -OCH3 is 1. The number of ether oxygens (including phenoxy) is 2. The van der Waals surface area contributed by atoms with Crippen molar-refractivity contribution >= 4 is 29.0 Å². The molecule has 0 aliphatic heterocycles. The molecule has 44 heavy (non-hydrogen) atoms. The number of benzene rings is 4. The van der Waals surface area contributed by atoms with Gasteiger partial charge in [0.15, 0.2) is 5.78 Å². The van der Waals surface area contributed by atoms with E-state index in [0.29, 0.717) is 54.1 Å². The lowest BCUT2D eigenvalue weighted by molar-refractivity contribution is -0.141. The first kappa shape index (κ1) is 31.8. The molecule has 1 atom stereocenters. The molecule has 0 fully saturated rings. The van der Waals surface area contributed by atoms with E-state index in [4.69, 9.17) is 9.47 Å². The van der Waals surface area contributed by atoms with E-state index < -0.39 is 12.0 Å². The highest BCUT2D eigenvalue weighted by molar-refractivity contribution is 6.12. The van der Waals surface area contributed by atoms with Crippen molar-refractivity contribution in [3.05, 3.63) is 138 Å². The second-order valence-corrected chi connectivity index (χ2v) is 10.6. The number of carbonyl (C=O) groups is 3. The zero-order valence-electron chi connectivity index (χ0n) is 25.4. The molecule has 1 unspecified atom stereocenters. The number of amides is 1. The van der Waals surface area contributed by atoms with E-state index >= 15 is 0 Å². The molecule has 0 aliphatic rings. The smallest absolute Gasteiger partial charge is 0.328 e. The summed E-state index contributed by atoms with van der Waals surface area (Å²) in [5.41, 5.74) is 4.89. The fourth-order valence-corrected chi connectivity index (χ4v) is 4.82. The van der Waals surface area contributed by atoms with Crippen molar-refractivity contribution in [1.82, 2.24) is 0 Å². The van der Waals surface area contributed by atoms with Gasteiger partial charge < -0.3 is 19.7 Å². The quantitative estimate of drug-likeness (QED) is 0.0753. The number of nitrogens with one attached hydrogen (secondary N) is 1. The summed E-state index contributed by atoms with van der Waals surface area (Å²) in [4.78, 5) is 40.4. The molecule has 0 heterocycles. The molecule has 1 N–H and O–H groups in total. The average Bonchev–Trinajstić information content (AvgIpc) is 3.04. The van der Waals surface area contributed by atoms with E-state index in [2.05, 4.69) is 11.9 Å². The monoisotopic (exact) mass is 590 g/mol. The molecule has 4 rings (SSSR count). The van der Waals surface area contributed by atoms with Crippen LogP contribution in [0.5, 0.6) is 5.75 Å². The number of nitrogens with zero attached hydrogens (tertiary/aromatic N) is 1. The summed E-state index contributed by atoms with van der Waals surface area (Å²) >= 11 is 0. The lowest BCUT2D eigenvalue weighted by atomic mass is 10.00. The fourth-order valence-electron chi connectivity index (χ4n) is 4.82. The van der Waals surface area contributed by atoms with Crippen molar-refractivity contribution in [1.29, 1.82) is 0 Å². The second-order valence-electron chi connectivity index (χ2n) is 10.6. The molecule has 4 aromatic carbocycles. The van der Waals surface area contributed by atoms with Crippen LogP contribution in [0.25, 0.3) is 0 Å². The minimum Gasteiger partial charge on any atom is -0.494 e. The lowest BCUT2D eigenvalue weighted by Gasteiger charge is -2.23. The zero-order valence-corrected chi connectivity index (χ0v) is 25.4. The lowest BCUT2D eigenvalue weighted by Crippen LogP contribution is -2.33. The minimum atomic E-state index is -0.713. The number of anilines is 2. The molecule has 0 radical (unpaired) electrons. The number of rotatable bonds is 14. The van der Waals surface area contributed by atoms with Crippen LogP contribution in [0, 0.1) is 6.92 Å². The Balaban J connectivity index is 1.37. The molecule has 7 heteroatoms. The van der Waals surface area contributed by atoms with Crippen LogP contribution in [0.3, 0.4) is 0 Å². The first-order valence-electron chi connectivity index (χ1n) is 14.6. The van der Waals surface area contributed by atoms with Gasteiger partial charge in [0.05, 0.1) is 13.7 Å². The van der Waals surface area contributed by atoms with Crippen LogP contribution < -0.4 is 15.0 Å². The number of carbonyl (C=O) groups excluding carboxylic acids is 3. The molecular formula is C37H38N2O5. The summed E-state index contributed by atoms with van der Waals surface area (Å²) in [6.07, 6.45) is 0.972. The van der Waals surface area contributed by atoms with Crippen LogP contribution in [0.2, 0.25) is 0 Å². The van der Waals surface area contributed by atoms with Crippen molar-refractivity contribution in [3.8, 4) is 5.75 Å². The molecule has 7 nitrogen and oxygen atoms in total. The Morgan fingerprint density at radius 3 is 2.27 bits per heavy atom. The average molecular weight is 591 g/mol. The van der Waals surface area contributed by atoms with Crippen LogP contribution >= 0.6 is 0 Å². The van der Waals surface area contributed by atoms with Gasteiger partial charge in [-0.05, 0) is 67.8 Å². The highest BCUT2D eigenvalue weighted by Gasteiger charge is 2.23.